The highest BCUT2D eigenvalue weighted by Gasteiger charge is 2.35. The van der Waals surface area contributed by atoms with Gasteiger partial charge in [-0.2, -0.15) is 18.6 Å². The van der Waals surface area contributed by atoms with E-state index < -0.39 is 11.2 Å². The molecule has 7 nitrogen and oxygen atoms in total. The molecule has 0 radical (unpaired) electrons. The second kappa shape index (κ2) is 6.50. The van der Waals surface area contributed by atoms with Gasteiger partial charge in [0.1, 0.15) is 0 Å². The number of nitrogens with one attached hydrogen (secondary N) is 1. The van der Waals surface area contributed by atoms with Crippen molar-refractivity contribution in [1.29, 1.82) is 0 Å². The Bertz CT molecular complexity index is 775. The third-order valence-electron chi connectivity index (χ3n) is 2.73. The number of hydrogen-bond acceptors (Lipinski definition) is 6. The van der Waals surface area contributed by atoms with Crippen molar-refractivity contribution >= 4 is 30.0 Å². The molecular formula is C12H11ClF2N4O3S. The van der Waals surface area contributed by atoms with Gasteiger partial charge in [-0.15, -0.1) is 5.10 Å². The van der Waals surface area contributed by atoms with Crippen molar-refractivity contribution in [3.8, 4) is 17.2 Å². The summed E-state index contributed by atoms with van der Waals surface area (Å²) in [5.74, 6) is -0.785. The average molecular weight is 365 g/mol. The number of phenols is 1. The molecule has 0 aliphatic rings. The first-order valence-corrected chi connectivity index (χ1v) is 6.80. The zero-order valence-electron chi connectivity index (χ0n) is 11.9. The van der Waals surface area contributed by atoms with Crippen LogP contribution in [0.1, 0.15) is 11.4 Å². The van der Waals surface area contributed by atoms with Gasteiger partial charge in [-0.1, -0.05) is 0 Å². The maximum absolute atomic E-state index is 13.2. The number of methoxy groups -OCH3 is 2. The Hall–Kier alpha value is -2.20. The topological polar surface area (TPSA) is 84.7 Å². The first kappa shape index (κ1) is 17.2. The van der Waals surface area contributed by atoms with Gasteiger partial charge >= 0.3 is 5.38 Å². The highest BCUT2D eigenvalue weighted by Crippen LogP contribution is 2.36. The number of benzene rings is 1. The summed E-state index contributed by atoms with van der Waals surface area (Å²) in [4.78, 5) is 0. The molecular weight excluding hydrogens is 354 g/mol. The number of aromatic nitrogens is 3. The van der Waals surface area contributed by atoms with Gasteiger partial charge in [0.15, 0.2) is 11.5 Å². The zero-order chi connectivity index (χ0) is 17.2. The molecule has 2 N–H and O–H groups in total. The summed E-state index contributed by atoms with van der Waals surface area (Å²) < 4.78 is 36.9. The summed E-state index contributed by atoms with van der Waals surface area (Å²) in [7, 11) is 2.71. The molecule has 0 saturated heterocycles. The lowest BCUT2D eigenvalue weighted by atomic mass is 10.2. The van der Waals surface area contributed by atoms with Crippen LogP contribution in [0.4, 0.5) is 8.78 Å². The highest BCUT2D eigenvalue weighted by atomic mass is 35.5. The Kier molecular flexibility index (Phi) is 4.85. The third-order valence-corrected chi connectivity index (χ3v) is 3.16. The van der Waals surface area contributed by atoms with Gasteiger partial charge in [0.25, 0.3) is 0 Å². The zero-order valence-corrected chi connectivity index (χ0v) is 13.5. The lowest BCUT2D eigenvalue weighted by Gasteiger charge is -2.09. The van der Waals surface area contributed by atoms with Crippen LogP contribution in [-0.2, 0) is 5.38 Å². The monoisotopic (exact) mass is 364 g/mol. The lowest BCUT2D eigenvalue weighted by molar-refractivity contribution is 0.0805. The predicted molar refractivity (Wildman–Crippen MR) is 81.4 cm³/mol. The fraction of sp³-hybridized carbons (Fsp3) is 0.250. The van der Waals surface area contributed by atoms with E-state index >= 15 is 0 Å². The van der Waals surface area contributed by atoms with Crippen LogP contribution >= 0.6 is 23.8 Å². The fourth-order valence-corrected chi connectivity index (χ4v) is 2.00. The first-order valence-electron chi connectivity index (χ1n) is 6.02. The van der Waals surface area contributed by atoms with Gasteiger partial charge in [0.05, 0.1) is 20.4 Å². The minimum atomic E-state index is -3.74. The molecule has 0 saturated carbocycles. The second-order valence-electron chi connectivity index (χ2n) is 4.18. The van der Waals surface area contributed by atoms with Crippen molar-refractivity contribution in [2.75, 3.05) is 14.2 Å². The Balaban J connectivity index is 2.46. The van der Waals surface area contributed by atoms with Crippen molar-refractivity contribution in [3.63, 3.8) is 0 Å². The van der Waals surface area contributed by atoms with Gasteiger partial charge in [-0.05, 0) is 36.0 Å². The maximum atomic E-state index is 13.2. The fourth-order valence-electron chi connectivity index (χ4n) is 1.69. The minimum Gasteiger partial charge on any atom is -0.502 e. The number of ether oxygens (including phenoxy) is 2. The number of aromatic hydroxyl groups is 1. The van der Waals surface area contributed by atoms with Crippen molar-refractivity contribution in [2.24, 2.45) is 5.10 Å². The molecule has 1 heterocycles. The molecule has 0 aliphatic carbocycles. The van der Waals surface area contributed by atoms with E-state index in [2.05, 4.69) is 15.3 Å². The summed E-state index contributed by atoms with van der Waals surface area (Å²) in [6, 6.07) is 2.87. The van der Waals surface area contributed by atoms with Gasteiger partial charge in [0.2, 0.25) is 16.3 Å². The smallest absolute Gasteiger partial charge is 0.383 e. The summed E-state index contributed by atoms with van der Waals surface area (Å²) >= 11 is 9.77. The third kappa shape index (κ3) is 3.59. The van der Waals surface area contributed by atoms with E-state index in [1.807, 2.05) is 0 Å². The lowest BCUT2D eigenvalue weighted by Crippen LogP contribution is -2.11. The minimum absolute atomic E-state index is 0.129. The summed E-state index contributed by atoms with van der Waals surface area (Å²) in [5, 5.41) is 15.4. The van der Waals surface area contributed by atoms with Crippen LogP contribution in [0.5, 0.6) is 17.2 Å². The van der Waals surface area contributed by atoms with E-state index in [0.29, 0.717) is 10.2 Å². The first-order chi connectivity index (χ1) is 10.8. The Morgan fingerprint density at radius 1 is 1.39 bits per heavy atom. The van der Waals surface area contributed by atoms with Crippen LogP contribution in [0, 0.1) is 4.77 Å². The number of halogens is 3. The SMILES string of the molecule is COc1cc(C=Nn2c(C(F)(F)Cl)n[nH]c2=S)cc(OC)c1O. The molecule has 2 rings (SSSR count). The Labute approximate surface area is 139 Å². The highest BCUT2D eigenvalue weighted by molar-refractivity contribution is 7.71. The van der Waals surface area contributed by atoms with Crippen LogP contribution in [0.15, 0.2) is 17.2 Å². The van der Waals surface area contributed by atoms with E-state index in [1.165, 1.54) is 32.6 Å². The van der Waals surface area contributed by atoms with Crippen molar-refractivity contribution < 1.29 is 23.4 Å². The molecule has 0 aliphatic heterocycles. The van der Waals surface area contributed by atoms with Crippen LogP contribution in [-0.4, -0.2) is 40.4 Å². The largest absolute Gasteiger partial charge is 0.502 e. The van der Waals surface area contributed by atoms with E-state index in [1.54, 1.807) is 0 Å². The van der Waals surface area contributed by atoms with Crippen molar-refractivity contribution in [2.45, 2.75) is 5.38 Å². The van der Waals surface area contributed by atoms with Gasteiger partial charge in [-0.3, -0.25) is 0 Å². The number of aromatic amines is 1. The molecule has 0 bridgehead atoms. The molecule has 1 aromatic carbocycles. The number of phenolic OH excluding ortho intramolecular Hbond substituents is 1. The van der Waals surface area contributed by atoms with Crippen molar-refractivity contribution in [1.82, 2.24) is 14.9 Å². The van der Waals surface area contributed by atoms with Crippen LogP contribution in [0.25, 0.3) is 0 Å². The molecule has 0 spiro atoms. The molecule has 0 fully saturated rings. The molecule has 11 heteroatoms. The number of nitrogens with zero attached hydrogens (tertiary/aromatic N) is 3. The van der Waals surface area contributed by atoms with E-state index in [-0.39, 0.29) is 22.0 Å². The number of H-pyrrole nitrogens is 1. The van der Waals surface area contributed by atoms with Crippen LogP contribution in [0.3, 0.4) is 0 Å². The standard InChI is InChI=1S/C12H11ClF2N4O3S/c1-21-7-3-6(4-8(22-2)9(7)20)5-16-19-10(12(13,14)15)17-18-11(19)23/h3-5,20H,1-2H3,(H,18,23). The predicted octanol–water partition coefficient (Wildman–Crippen LogP) is 2.83. The molecule has 0 unspecified atom stereocenters. The second-order valence-corrected chi connectivity index (χ2v) is 5.04. The Morgan fingerprint density at radius 3 is 2.43 bits per heavy atom. The van der Waals surface area contributed by atoms with Crippen LogP contribution < -0.4 is 9.47 Å². The van der Waals surface area contributed by atoms with E-state index in [9.17, 15) is 13.9 Å². The average Bonchev–Trinajstić information content (AvgIpc) is 2.87. The quantitative estimate of drug-likeness (QED) is 0.484. The van der Waals surface area contributed by atoms with Gasteiger partial charge in [0, 0.05) is 5.56 Å². The number of alkyl halides is 3. The van der Waals surface area contributed by atoms with Crippen molar-refractivity contribution in [3.05, 3.63) is 28.3 Å². The van der Waals surface area contributed by atoms with E-state index in [4.69, 9.17) is 33.3 Å². The molecule has 0 atom stereocenters. The molecule has 0 amide bonds. The Morgan fingerprint density at radius 2 is 1.96 bits per heavy atom. The van der Waals surface area contributed by atoms with Gasteiger partial charge in [-0.25, -0.2) is 5.10 Å². The molecule has 124 valence electrons. The maximum Gasteiger partial charge on any atom is 0.383 e. The number of hydrogen-bond donors (Lipinski definition) is 2. The van der Waals surface area contributed by atoms with Crippen LogP contribution in [0.2, 0.25) is 0 Å². The summed E-state index contributed by atoms with van der Waals surface area (Å²) in [5.41, 5.74) is 0.406. The molecule has 1 aromatic heterocycles. The summed E-state index contributed by atoms with van der Waals surface area (Å²) in [6.45, 7) is 0. The normalized spacial score (nSPS) is 11.9. The summed E-state index contributed by atoms with van der Waals surface area (Å²) in [6.07, 6.45) is 1.21. The molecule has 23 heavy (non-hydrogen) atoms. The molecule has 2 aromatic rings. The van der Waals surface area contributed by atoms with Gasteiger partial charge < -0.3 is 14.6 Å². The number of rotatable bonds is 5. The van der Waals surface area contributed by atoms with E-state index in [0.717, 1.165) is 0 Å².